The number of piperidine rings is 1. The predicted octanol–water partition coefficient (Wildman–Crippen LogP) is 4.39. The number of nitrogens with zero attached hydrogens (tertiary/aromatic N) is 1. The van der Waals surface area contributed by atoms with E-state index in [9.17, 15) is 42.2 Å². The number of anilines is 1. The third-order valence-electron chi connectivity index (χ3n) is 6.76. The predicted molar refractivity (Wildman–Crippen MR) is 139 cm³/mol. The van der Waals surface area contributed by atoms with Gasteiger partial charge in [0, 0.05) is 37.7 Å². The van der Waals surface area contributed by atoms with Crippen LogP contribution in [0.15, 0.2) is 35.9 Å². The minimum absolute atomic E-state index is 0.127. The highest BCUT2D eigenvalue weighted by Crippen LogP contribution is 2.34. The van der Waals surface area contributed by atoms with Crippen LogP contribution < -0.4 is 5.32 Å². The van der Waals surface area contributed by atoms with Crippen LogP contribution >= 0.6 is 0 Å². The van der Waals surface area contributed by atoms with Crippen LogP contribution in [0.25, 0.3) is 5.76 Å². The van der Waals surface area contributed by atoms with Crippen LogP contribution in [0.4, 0.5) is 23.2 Å². The summed E-state index contributed by atoms with van der Waals surface area (Å²) in [6.07, 6.45) is -2.10. The molecule has 4 N–H and O–H groups in total. The van der Waals surface area contributed by atoms with Crippen molar-refractivity contribution < 1.29 is 52.1 Å². The maximum Gasteiger partial charge on any atom is 0.490 e. The second-order valence-corrected chi connectivity index (χ2v) is 9.58. The number of halogens is 4. The molecule has 2 aliphatic rings. The van der Waals surface area contributed by atoms with Crippen molar-refractivity contribution in [3.63, 3.8) is 0 Å². The van der Waals surface area contributed by atoms with Gasteiger partial charge in [-0.05, 0) is 66.9 Å². The highest BCUT2D eigenvalue weighted by Gasteiger charge is 2.38. The number of carboxylic acids is 2. The number of aliphatic hydroxyl groups is 1. The minimum atomic E-state index is -5.08. The van der Waals surface area contributed by atoms with Gasteiger partial charge in [-0.25, -0.2) is 14.0 Å². The lowest BCUT2D eigenvalue weighted by molar-refractivity contribution is -0.192. The van der Waals surface area contributed by atoms with Crippen LogP contribution in [0.1, 0.15) is 51.9 Å². The summed E-state index contributed by atoms with van der Waals surface area (Å²) in [5, 5.41) is 30.2. The summed E-state index contributed by atoms with van der Waals surface area (Å²) >= 11 is 0. The number of Topliss-reactive ketones (excluding diaryl/α,β-unsaturated/α-hetero) is 2. The Bertz CT molecular complexity index is 1400. The first-order valence-electron chi connectivity index (χ1n) is 12.6. The largest absolute Gasteiger partial charge is 0.506 e. The standard InChI is InChI=1S/C26H27FN2O5.C2HF3O2/c1-28-21-12-18(27)11-20-19(21)13-23(31)24(25(20)32)22(30)10-15-5-6-16(26(33)34)9-17(15)14-29-7-3-2-4-8-29;3-2(4,5)1(6)7/h5-6,9,11-12,28,32H,2-4,7-8,10,13-14H2,1H3,(H,33,34);(H,6,7). The molecule has 0 unspecified atom stereocenters. The van der Waals surface area contributed by atoms with Crippen LogP contribution in [0.3, 0.4) is 0 Å². The maximum atomic E-state index is 14.1. The number of nitrogens with one attached hydrogen (secondary N) is 1. The van der Waals surface area contributed by atoms with E-state index in [0.717, 1.165) is 38.4 Å². The number of alkyl halides is 3. The van der Waals surface area contributed by atoms with Gasteiger partial charge in [-0.2, -0.15) is 13.2 Å². The molecule has 0 amide bonds. The molecule has 220 valence electrons. The lowest BCUT2D eigenvalue weighted by Crippen LogP contribution is -2.30. The molecule has 41 heavy (non-hydrogen) atoms. The number of benzene rings is 2. The fourth-order valence-electron chi connectivity index (χ4n) is 4.76. The number of aromatic carboxylic acids is 1. The monoisotopic (exact) mass is 580 g/mol. The Morgan fingerprint density at radius 1 is 1.00 bits per heavy atom. The Labute approximate surface area is 232 Å². The summed E-state index contributed by atoms with van der Waals surface area (Å²) in [7, 11) is 1.59. The molecular formula is C28H28F4N2O7. The van der Waals surface area contributed by atoms with Gasteiger partial charge in [0.25, 0.3) is 0 Å². The molecule has 0 spiro atoms. The molecule has 0 saturated carbocycles. The number of ketones is 2. The van der Waals surface area contributed by atoms with Gasteiger partial charge in [-0.3, -0.25) is 14.5 Å². The van der Waals surface area contributed by atoms with Crippen molar-refractivity contribution in [3.05, 3.63) is 69.5 Å². The quantitative estimate of drug-likeness (QED) is 0.277. The molecule has 2 aromatic rings. The molecule has 0 radical (unpaired) electrons. The molecule has 0 aromatic heterocycles. The number of fused-ring (bicyclic) bond motifs is 1. The molecule has 9 nitrogen and oxygen atoms in total. The Morgan fingerprint density at radius 3 is 2.20 bits per heavy atom. The van der Waals surface area contributed by atoms with Crippen molar-refractivity contribution in [2.45, 2.75) is 44.8 Å². The molecule has 0 atom stereocenters. The first-order chi connectivity index (χ1) is 19.2. The zero-order valence-electron chi connectivity index (χ0n) is 22.0. The van der Waals surface area contributed by atoms with E-state index in [1.54, 1.807) is 19.2 Å². The van der Waals surface area contributed by atoms with E-state index < -0.39 is 41.3 Å². The summed E-state index contributed by atoms with van der Waals surface area (Å²) in [6, 6.07) is 6.96. The number of rotatable bonds is 7. The molecule has 13 heteroatoms. The van der Waals surface area contributed by atoms with Gasteiger partial charge in [-0.1, -0.05) is 12.5 Å². The van der Waals surface area contributed by atoms with E-state index in [2.05, 4.69) is 10.2 Å². The van der Waals surface area contributed by atoms with Crippen LogP contribution in [0, 0.1) is 5.82 Å². The SMILES string of the molecule is CNc1cc(F)cc2c1CC(=O)C(C(=O)Cc1ccc(C(=O)O)cc1CN1CCCCC1)=C2O.O=C(O)C(F)(F)F. The molecule has 0 bridgehead atoms. The molecule has 1 aliphatic carbocycles. The van der Waals surface area contributed by atoms with Gasteiger partial charge in [0.2, 0.25) is 0 Å². The molecule has 1 fully saturated rings. The van der Waals surface area contributed by atoms with Crippen LogP contribution in [0.2, 0.25) is 0 Å². The fraction of sp³-hybridized carbons (Fsp3) is 0.357. The summed E-state index contributed by atoms with van der Waals surface area (Å²) in [4.78, 5) is 48.7. The zero-order valence-corrected chi connectivity index (χ0v) is 22.0. The lowest BCUT2D eigenvalue weighted by atomic mass is 9.84. The minimum Gasteiger partial charge on any atom is -0.506 e. The second kappa shape index (κ2) is 12.9. The number of carbonyl (C=O) groups is 4. The molecule has 2 aromatic carbocycles. The number of hydrogen-bond donors (Lipinski definition) is 4. The van der Waals surface area contributed by atoms with Gasteiger partial charge >= 0.3 is 18.1 Å². The van der Waals surface area contributed by atoms with Crippen molar-refractivity contribution >= 4 is 35.0 Å². The summed E-state index contributed by atoms with van der Waals surface area (Å²) < 4.78 is 45.8. The molecular weight excluding hydrogens is 552 g/mol. The summed E-state index contributed by atoms with van der Waals surface area (Å²) in [5.41, 5.74) is 2.06. The van der Waals surface area contributed by atoms with Crippen LogP contribution in [-0.2, 0) is 33.8 Å². The highest BCUT2D eigenvalue weighted by atomic mass is 19.4. The van der Waals surface area contributed by atoms with E-state index >= 15 is 0 Å². The number of aliphatic hydroxyl groups excluding tert-OH is 1. The van der Waals surface area contributed by atoms with Crippen LogP contribution in [0.5, 0.6) is 0 Å². The summed E-state index contributed by atoms with van der Waals surface area (Å²) in [6.45, 7) is 2.29. The van der Waals surface area contributed by atoms with Gasteiger partial charge in [0.1, 0.15) is 17.1 Å². The number of aliphatic carboxylic acids is 1. The molecule has 1 saturated heterocycles. The first-order valence-corrected chi connectivity index (χ1v) is 12.6. The zero-order chi connectivity index (χ0) is 30.5. The van der Waals surface area contributed by atoms with E-state index in [0.29, 0.717) is 28.9 Å². The van der Waals surface area contributed by atoms with Crippen molar-refractivity contribution in [2.75, 3.05) is 25.5 Å². The van der Waals surface area contributed by atoms with Gasteiger partial charge in [0.05, 0.1) is 5.56 Å². The maximum absolute atomic E-state index is 14.1. The van der Waals surface area contributed by atoms with Crippen molar-refractivity contribution in [1.29, 1.82) is 0 Å². The topological polar surface area (TPSA) is 144 Å². The van der Waals surface area contributed by atoms with Gasteiger partial charge in [-0.15, -0.1) is 0 Å². The van der Waals surface area contributed by atoms with Gasteiger partial charge < -0.3 is 20.6 Å². The number of allylic oxidation sites excluding steroid dienone is 1. The lowest BCUT2D eigenvalue weighted by Gasteiger charge is -2.27. The van der Waals surface area contributed by atoms with Gasteiger partial charge in [0.15, 0.2) is 11.6 Å². The summed E-state index contributed by atoms with van der Waals surface area (Å²) in [5.74, 6) is -6.04. The van der Waals surface area contributed by atoms with E-state index in [1.165, 1.54) is 12.1 Å². The Balaban J connectivity index is 0.000000587. The Hall–Kier alpha value is -4.26. The van der Waals surface area contributed by atoms with E-state index in [4.69, 9.17) is 9.90 Å². The van der Waals surface area contributed by atoms with E-state index in [-0.39, 0.29) is 29.5 Å². The Kier molecular flexibility index (Phi) is 9.87. The third-order valence-corrected chi connectivity index (χ3v) is 6.76. The average Bonchev–Trinajstić information content (AvgIpc) is 2.90. The normalized spacial score (nSPS) is 15.5. The Morgan fingerprint density at radius 2 is 1.63 bits per heavy atom. The van der Waals surface area contributed by atoms with E-state index in [1.807, 2.05) is 0 Å². The first kappa shape index (κ1) is 31.3. The average molecular weight is 581 g/mol. The molecule has 1 aliphatic heterocycles. The van der Waals surface area contributed by atoms with Crippen molar-refractivity contribution in [2.24, 2.45) is 0 Å². The second-order valence-electron chi connectivity index (χ2n) is 9.58. The van der Waals surface area contributed by atoms with Crippen molar-refractivity contribution in [1.82, 2.24) is 4.90 Å². The number of likely N-dealkylation sites (tertiary alicyclic amines) is 1. The van der Waals surface area contributed by atoms with Crippen LogP contribution in [-0.4, -0.2) is 70.0 Å². The third kappa shape index (κ3) is 7.69. The highest BCUT2D eigenvalue weighted by molar-refractivity contribution is 6.27. The molecule has 1 heterocycles. The fourth-order valence-corrected chi connectivity index (χ4v) is 4.76. The number of hydrogen-bond acceptors (Lipinski definition) is 7. The number of carbonyl (C=O) groups excluding carboxylic acids is 2. The molecule has 4 rings (SSSR count). The smallest absolute Gasteiger partial charge is 0.490 e. The van der Waals surface area contributed by atoms with Crippen molar-refractivity contribution in [3.8, 4) is 0 Å². The number of carboxylic acid groups (broad SMARTS) is 2.